The molecular formula is C9H9ClN3. The summed E-state index contributed by atoms with van der Waals surface area (Å²) in [5.41, 5.74) is 1.55. The number of aromatic nitrogens is 3. The molecule has 0 aliphatic heterocycles. The zero-order chi connectivity index (χ0) is 9.26. The predicted octanol–water partition coefficient (Wildman–Crippen LogP) is 2.29. The van der Waals surface area contributed by atoms with E-state index in [0.29, 0.717) is 5.02 Å². The lowest BCUT2D eigenvalue weighted by Gasteiger charge is -1.98. The molecule has 1 radical (unpaired) electrons. The molecule has 0 N–H and O–H groups in total. The number of fused-ring (bicyclic) bond motifs is 1. The van der Waals surface area contributed by atoms with Gasteiger partial charge in [0.2, 0.25) is 0 Å². The third kappa shape index (κ3) is 1.40. The second-order valence-electron chi connectivity index (χ2n) is 2.83. The first kappa shape index (κ1) is 8.51. The molecule has 2 heterocycles. The molecule has 3 nitrogen and oxygen atoms in total. The van der Waals surface area contributed by atoms with Gasteiger partial charge in [-0.05, 0) is 12.5 Å². The van der Waals surface area contributed by atoms with Crippen LogP contribution >= 0.6 is 11.6 Å². The van der Waals surface area contributed by atoms with Crippen LogP contribution in [-0.4, -0.2) is 14.5 Å². The topological polar surface area (TPSA) is 30.7 Å². The first-order valence-electron chi connectivity index (χ1n) is 4.21. The Kier molecular flexibility index (Phi) is 2.19. The highest BCUT2D eigenvalue weighted by Crippen LogP contribution is 2.19. The molecule has 0 saturated heterocycles. The molecule has 0 spiro atoms. The third-order valence-electron chi connectivity index (χ3n) is 1.84. The van der Waals surface area contributed by atoms with E-state index in [4.69, 9.17) is 11.6 Å². The van der Waals surface area contributed by atoms with E-state index in [1.807, 2.05) is 4.57 Å². The number of aryl methyl sites for hydroxylation is 1. The van der Waals surface area contributed by atoms with Crippen molar-refractivity contribution in [2.75, 3.05) is 0 Å². The number of hydrogen-bond donors (Lipinski definition) is 0. The van der Waals surface area contributed by atoms with E-state index < -0.39 is 0 Å². The SMILES string of the molecule is CCCn1[c]nc2c(Cl)ccnc21. The van der Waals surface area contributed by atoms with Crippen molar-refractivity contribution in [3.8, 4) is 0 Å². The Morgan fingerprint density at radius 3 is 3.23 bits per heavy atom. The van der Waals surface area contributed by atoms with Crippen LogP contribution in [0.15, 0.2) is 12.3 Å². The zero-order valence-corrected chi connectivity index (χ0v) is 8.04. The highest BCUT2D eigenvalue weighted by molar-refractivity contribution is 6.34. The second-order valence-corrected chi connectivity index (χ2v) is 3.24. The molecule has 13 heavy (non-hydrogen) atoms. The van der Waals surface area contributed by atoms with Crippen molar-refractivity contribution >= 4 is 22.8 Å². The molecule has 0 unspecified atom stereocenters. The van der Waals surface area contributed by atoms with Gasteiger partial charge in [-0.25, -0.2) is 9.97 Å². The number of halogens is 1. The summed E-state index contributed by atoms with van der Waals surface area (Å²) < 4.78 is 1.89. The van der Waals surface area contributed by atoms with Crippen molar-refractivity contribution in [2.45, 2.75) is 19.9 Å². The van der Waals surface area contributed by atoms with E-state index in [1.165, 1.54) is 0 Å². The molecule has 4 heteroatoms. The van der Waals surface area contributed by atoms with E-state index in [1.54, 1.807) is 12.3 Å². The van der Waals surface area contributed by atoms with Crippen LogP contribution in [0.2, 0.25) is 5.02 Å². The Bertz CT molecular complexity index is 422. The minimum atomic E-state index is 0.635. The average Bonchev–Trinajstić information content (AvgIpc) is 2.51. The molecule has 0 amide bonds. The molecule has 0 aromatic carbocycles. The van der Waals surface area contributed by atoms with Gasteiger partial charge in [-0.1, -0.05) is 18.5 Å². The molecule has 0 saturated carbocycles. The molecule has 2 aromatic rings. The van der Waals surface area contributed by atoms with Crippen LogP contribution in [0.25, 0.3) is 11.2 Å². The number of hydrogen-bond acceptors (Lipinski definition) is 2. The zero-order valence-electron chi connectivity index (χ0n) is 7.29. The smallest absolute Gasteiger partial charge is 0.178 e. The summed E-state index contributed by atoms with van der Waals surface area (Å²) >= 11 is 5.93. The third-order valence-corrected chi connectivity index (χ3v) is 2.15. The Hall–Kier alpha value is -1.09. The molecule has 2 aromatic heterocycles. The second kappa shape index (κ2) is 3.34. The normalized spacial score (nSPS) is 10.9. The lowest BCUT2D eigenvalue weighted by atomic mass is 10.4. The average molecular weight is 195 g/mol. The van der Waals surface area contributed by atoms with Gasteiger partial charge in [0.25, 0.3) is 0 Å². The van der Waals surface area contributed by atoms with Gasteiger partial charge in [0, 0.05) is 12.7 Å². The summed E-state index contributed by atoms with van der Waals surface area (Å²) in [5, 5.41) is 0.635. The highest BCUT2D eigenvalue weighted by atomic mass is 35.5. The molecule has 0 bridgehead atoms. The molecule has 2 rings (SSSR count). The summed E-state index contributed by atoms with van der Waals surface area (Å²) in [6, 6.07) is 1.74. The molecule has 0 aliphatic carbocycles. The van der Waals surface area contributed by atoms with E-state index >= 15 is 0 Å². The summed E-state index contributed by atoms with van der Waals surface area (Å²) in [6.45, 7) is 2.98. The molecule has 0 aliphatic rings. The van der Waals surface area contributed by atoms with Gasteiger partial charge in [-0.3, -0.25) is 0 Å². The van der Waals surface area contributed by atoms with Gasteiger partial charge < -0.3 is 4.57 Å². The molecule has 0 fully saturated rings. The first-order valence-corrected chi connectivity index (χ1v) is 4.59. The Morgan fingerprint density at radius 2 is 2.46 bits per heavy atom. The van der Waals surface area contributed by atoms with Crippen molar-refractivity contribution in [3.05, 3.63) is 23.6 Å². The Labute approximate surface area is 81.4 Å². The number of nitrogens with zero attached hydrogens (tertiary/aromatic N) is 3. The van der Waals surface area contributed by atoms with Crippen LogP contribution in [0.5, 0.6) is 0 Å². The van der Waals surface area contributed by atoms with Crippen LogP contribution in [0.1, 0.15) is 13.3 Å². The van der Waals surface area contributed by atoms with Crippen molar-refractivity contribution in [1.82, 2.24) is 14.5 Å². The van der Waals surface area contributed by atoms with Gasteiger partial charge in [0.1, 0.15) is 5.52 Å². The van der Waals surface area contributed by atoms with E-state index in [-0.39, 0.29) is 0 Å². The summed E-state index contributed by atoms with van der Waals surface area (Å²) in [5.74, 6) is 0. The van der Waals surface area contributed by atoms with Gasteiger partial charge in [-0.2, -0.15) is 0 Å². The van der Waals surface area contributed by atoms with Crippen molar-refractivity contribution in [1.29, 1.82) is 0 Å². The van der Waals surface area contributed by atoms with E-state index in [9.17, 15) is 0 Å². The van der Waals surface area contributed by atoms with Crippen molar-refractivity contribution in [3.63, 3.8) is 0 Å². The molecular weight excluding hydrogens is 186 g/mol. The maximum atomic E-state index is 5.93. The Morgan fingerprint density at radius 1 is 1.62 bits per heavy atom. The maximum Gasteiger partial charge on any atom is 0.178 e. The number of pyridine rings is 1. The monoisotopic (exact) mass is 194 g/mol. The van der Waals surface area contributed by atoms with E-state index in [0.717, 1.165) is 24.1 Å². The maximum absolute atomic E-state index is 5.93. The van der Waals surface area contributed by atoms with Crippen LogP contribution in [0.4, 0.5) is 0 Å². The standard InChI is InChI=1S/C9H9ClN3/c1-2-5-13-6-12-8-7(10)3-4-11-9(8)13/h3-4H,2,5H2,1H3. The van der Waals surface area contributed by atoms with Gasteiger partial charge in [0.05, 0.1) is 5.02 Å². The van der Waals surface area contributed by atoms with Gasteiger partial charge in [0.15, 0.2) is 12.0 Å². The quantitative estimate of drug-likeness (QED) is 0.735. The van der Waals surface area contributed by atoms with Crippen LogP contribution in [-0.2, 0) is 6.54 Å². The predicted molar refractivity (Wildman–Crippen MR) is 51.7 cm³/mol. The van der Waals surface area contributed by atoms with Crippen molar-refractivity contribution < 1.29 is 0 Å². The highest BCUT2D eigenvalue weighted by Gasteiger charge is 2.06. The fourth-order valence-electron chi connectivity index (χ4n) is 1.26. The van der Waals surface area contributed by atoms with Crippen LogP contribution < -0.4 is 0 Å². The fourth-order valence-corrected chi connectivity index (χ4v) is 1.44. The lowest BCUT2D eigenvalue weighted by molar-refractivity contribution is 0.687. The van der Waals surface area contributed by atoms with Gasteiger partial charge >= 0.3 is 0 Å². The number of rotatable bonds is 2. The summed E-state index contributed by atoms with van der Waals surface area (Å²) in [4.78, 5) is 8.29. The summed E-state index contributed by atoms with van der Waals surface area (Å²) in [6.07, 6.45) is 5.60. The summed E-state index contributed by atoms with van der Waals surface area (Å²) in [7, 11) is 0. The van der Waals surface area contributed by atoms with Gasteiger partial charge in [-0.15, -0.1) is 0 Å². The van der Waals surface area contributed by atoms with Crippen molar-refractivity contribution in [2.24, 2.45) is 0 Å². The molecule has 0 atom stereocenters. The lowest BCUT2D eigenvalue weighted by Crippen LogP contribution is -1.95. The van der Waals surface area contributed by atoms with Crippen LogP contribution in [0, 0.1) is 6.33 Å². The minimum Gasteiger partial charge on any atom is -0.306 e. The Balaban J connectivity index is 2.61. The fraction of sp³-hybridized carbons (Fsp3) is 0.333. The first-order chi connectivity index (χ1) is 6.33. The minimum absolute atomic E-state index is 0.635. The van der Waals surface area contributed by atoms with Crippen LogP contribution in [0.3, 0.4) is 0 Å². The largest absolute Gasteiger partial charge is 0.306 e. The number of imidazole rings is 1. The molecule has 67 valence electrons. The van der Waals surface area contributed by atoms with E-state index in [2.05, 4.69) is 23.2 Å².